The number of fused-ring (bicyclic) bond motifs is 1. The predicted octanol–water partition coefficient (Wildman–Crippen LogP) is 4.34. The normalized spacial score (nSPS) is 11.0. The van der Waals surface area contributed by atoms with Crippen molar-refractivity contribution >= 4 is 51.0 Å². The lowest BCUT2D eigenvalue weighted by Gasteiger charge is -1.99. The van der Waals surface area contributed by atoms with Gasteiger partial charge in [-0.25, -0.2) is 4.98 Å². The van der Waals surface area contributed by atoms with Crippen molar-refractivity contribution in [2.45, 2.75) is 0 Å². The van der Waals surface area contributed by atoms with Crippen LogP contribution in [0.4, 0.5) is 5.69 Å². The van der Waals surface area contributed by atoms with Crippen LogP contribution >= 0.6 is 34.2 Å². The first kappa shape index (κ1) is 11.8. The van der Waals surface area contributed by atoms with Crippen LogP contribution in [0.1, 0.15) is 0 Å². The van der Waals surface area contributed by atoms with Crippen LogP contribution in [0.2, 0.25) is 5.02 Å². The molecule has 0 amide bonds. The Bertz CT molecular complexity index is 739. The molecule has 0 aliphatic heterocycles. The van der Waals surface area contributed by atoms with E-state index in [1.807, 2.05) is 24.3 Å². The molecule has 1 heterocycles. The predicted molar refractivity (Wildman–Crippen MR) is 81.6 cm³/mol. The molecule has 0 aliphatic carbocycles. The maximum Gasteiger partial charge on any atom is 0.228 e. The smallest absolute Gasteiger partial charge is 0.228 e. The molecule has 90 valence electrons. The number of nitrogens with two attached hydrogens (primary N) is 1. The Hall–Kier alpha value is -1.27. The molecule has 3 rings (SSSR count). The minimum absolute atomic E-state index is 0.558. The molecule has 3 nitrogen and oxygen atoms in total. The molecule has 0 radical (unpaired) electrons. The van der Waals surface area contributed by atoms with Gasteiger partial charge in [0.05, 0.1) is 5.56 Å². The zero-order valence-electron chi connectivity index (χ0n) is 9.15. The fraction of sp³-hybridized carbons (Fsp3) is 0. The fourth-order valence-corrected chi connectivity index (χ4v) is 2.46. The Labute approximate surface area is 122 Å². The summed E-state index contributed by atoms with van der Waals surface area (Å²) in [6.07, 6.45) is 0. The van der Waals surface area contributed by atoms with E-state index in [2.05, 4.69) is 27.6 Å². The zero-order chi connectivity index (χ0) is 12.7. The average Bonchev–Trinajstić information content (AvgIpc) is 2.74. The van der Waals surface area contributed by atoms with Crippen LogP contribution in [-0.2, 0) is 0 Å². The first-order valence-corrected chi connectivity index (χ1v) is 6.70. The zero-order valence-corrected chi connectivity index (χ0v) is 12.1. The lowest BCUT2D eigenvalue weighted by Crippen LogP contribution is -1.83. The van der Waals surface area contributed by atoms with Crippen LogP contribution in [-0.4, -0.2) is 4.98 Å². The number of nitrogens with zero attached hydrogens (tertiary/aromatic N) is 1. The maximum atomic E-state index is 6.00. The van der Waals surface area contributed by atoms with E-state index >= 15 is 0 Å². The van der Waals surface area contributed by atoms with Gasteiger partial charge in [0.1, 0.15) is 5.52 Å². The lowest BCUT2D eigenvalue weighted by molar-refractivity contribution is 0.619. The van der Waals surface area contributed by atoms with Gasteiger partial charge in [0.15, 0.2) is 5.58 Å². The van der Waals surface area contributed by atoms with Gasteiger partial charge in [-0.3, -0.25) is 0 Å². The molecule has 0 fully saturated rings. The van der Waals surface area contributed by atoms with Gasteiger partial charge in [-0.15, -0.1) is 0 Å². The monoisotopic (exact) mass is 370 g/mol. The van der Waals surface area contributed by atoms with Crippen molar-refractivity contribution in [3.8, 4) is 11.5 Å². The number of hydrogen-bond acceptors (Lipinski definition) is 3. The van der Waals surface area contributed by atoms with Crippen LogP contribution in [0.15, 0.2) is 40.8 Å². The minimum atomic E-state index is 0.558. The summed E-state index contributed by atoms with van der Waals surface area (Å²) in [7, 11) is 0. The molecule has 18 heavy (non-hydrogen) atoms. The van der Waals surface area contributed by atoms with Gasteiger partial charge in [-0.05, 0) is 59.0 Å². The number of halogens is 2. The molecule has 2 aromatic carbocycles. The number of aromatic nitrogens is 1. The van der Waals surface area contributed by atoms with Crippen molar-refractivity contribution in [1.82, 2.24) is 4.98 Å². The van der Waals surface area contributed by atoms with E-state index in [9.17, 15) is 0 Å². The molecule has 2 N–H and O–H groups in total. The molecule has 3 aromatic rings. The molecule has 0 saturated heterocycles. The average molecular weight is 371 g/mol. The standard InChI is InChI=1S/C13H8ClIN2O/c14-7-1-3-10(15)9(5-7)13-17-11-6-8(16)2-4-12(11)18-13/h1-6H,16H2. The topological polar surface area (TPSA) is 52.0 Å². The first-order chi connectivity index (χ1) is 8.63. The Kier molecular flexibility index (Phi) is 2.91. The third-order valence-corrected chi connectivity index (χ3v) is 3.75. The summed E-state index contributed by atoms with van der Waals surface area (Å²) in [6, 6.07) is 11.0. The highest BCUT2D eigenvalue weighted by Crippen LogP contribution is 2.30. The summed E-state index contributed by atoms with van der Waals surface area (Å²) >= 11 is 8.23. The Balaban J connectivity index is 2.22. The van der Waals surface area contributed by atoms with E-state index in [1.165, 1.54) is 0 Å². The Morgan fingerprint density at radius 3 is 2.83 bits per heavy atom. The largest absolute Gasteiger partial charge is 0.436 e. The van der Waals surface area contributed by atoms with Gasteiger partial charge in [0.2, 0.25) is 5.89 Å². The van der Waals surface area contributed by atoms with Gasteiger partial charge in [0.25, 0.3) is 0 Å². The number of benzene rings is 2. The Morgan fingerprint density at radius 2 is 2.00 bits per heavy atom. The van der Waals surface area contributed by atoms with E-state index < -0.39 is 0 Å². The number of nitrogen functional groups attached to an aromatic ring is 1. The number of rotatable bonds is 1. The van der Waals surface area contributed by atoms with Crippen molar-refractivity contribution in [2.75, 3.05) is 5.73 Å². The van der Waals surface area contributed by atoms with Crippen LogP contribution < -0.4 is 5.73 Å². The third-order valence-electron chi connectivity index (χ3n) is 2.57. The molecule has 5 heteroatoms. The van der Waals surface area contributed by atoms with Crippen LogP contribution in [0.5, 0.6) is 0 Å². The van der Waals surface area contributed by atoms with Crippen LogP contribution in [0.25, 0.3) is 22.6 Å². The lowest BCUT2D eigenvalue weighted by atomic mass is 10.2. The summed E-state index contributed by atoms with van der Waals surface area (Å²) in [6.45, 7) is 0. The quantitative estimate of drug-likeness (QED) is 0.512. The first-order valence-electron chi connectivity index (χ1n) is 5.25. The van der Waals surface area contributed by atoms with Crippen molar-refractivity contribution in [2.24, 2.45) is 0 Å². The van der Waals surface area contributed by atoms with Crippen molar-refractivity contribution < 1.29 is 4.42 Å². The molecule has 1 aromatic heterocycles. The third kappa shape index (κ3) is 2.06. The molecule has 0 spiro atoms. The highest BCUT2D eigenvalue weighted by Gasteiger charge is 2.11. The molecular formula is C13H8ClIN2O. The summed E-state index contributed by atoms with van der Waals surface area (Å²) in [4.78, 5) is 4.44. The van der Waals surface area contributed by atoms with E-state index in [-0.39, 0.29) is 0 Å². The second-order valence-corrected chi connectivity index (χ2v) is 5.47. The molecule has 0 aliphatic rings. The molecule has 0 unspecified atom stereocenters. The highest BCUT2D eigenvalue weighted by molar-refractivity contribution is 14.1. The van der Waals surface area contributed by atoms with E-state index in [0.717, 1.165) is 20.2 Å². The van der Waals surface area contributed by atoms with E-state index in [1.54, 1.807) is 12.1 Å². The van der Waals surface area contributed by atoms with E-state index in [0.29, 0.717) is 16.6 Å². The second kappa shape index (κ2) is 4.44. The summed E-state index contributed by atoms with van der Waals surface area (Å²) in [5.41, 5.74) is 8.75. The summed E-state index contributed by atoms with van der Waals surface area (Å²) in [5.74, 6) is 0.558. The maximum absolute atomic E-state index is 6.00. The van der Waals surface area contributed by atoms with Crippen molar-refractivity contribution in [1.29, 1.82) is 0 Å². The van der Waals surface area contributed by atoms with Crippen molar-refractivity contribution in [3.05, 3.63) is 45.0 Å². The van der Waals surface area contributed by atoms with Crippen LogP contribution in [0.3, 0.4) is 0 Å². The van der Waals surface area contributed by atoms with E-state index in [4.69, 9.17) is 21.8 Å². The Morgan fingerprint density at radius 1 is 1.17 bits per heavy atom. The molecule has 0 bridgehead atoms. The second-order valence-electron chi connectivity index (χ2n) is 3.87. The highest BCUT2D eigenvalue weighted by atomic mass is 127. The van der Waals surface area contributed by atoms with Gasteiger partial charge >= 0.3 is 0 Å². The molecule has 0 saturated carbocycles. The fourth-order valence-electron chi connectivity index (χ4n) is 1.72. The molecular weight excluding hydrogens is 363 g/mol. The van der Waals surface area contributed by atoms with Crippen molar-refractivity contribution in [3.63, 3.8) is 0 Å². The van der Waals surface area contributed by atoms with Crippen LogP contribution in [0, 0.1) is 3.57 Å². The van der Waals surface area contributed by atoms with Gasteiger partial charge in [-0.1, -0.05) is 11.6 Å². The van der Waals surface area contributed by atoms with Gasteiger partial charge in [-0.2, -0.15) is 0 Å². The number of anilines is 1. The summed E-state index contributed by atoms with van der Waals surface area (Å²) < 4.78 is 6.75. The van der Waals surface area contributed by atoms with Gasteiger partial charge < -0.3 is 10.2 Å². The number of oxazole rings is 1. The van der Waals surface area contributed by atoms with Gasteiger partial charge in [0, 0.05) is 14.3 Å². The summed E-state index contributed by atoms with van der Waals surface area (Å²) in [5, 5.41) is 0.659. The minimum Gasteiger partial charge on any atom is -0.436 e. The number of hydrogen-bond donors (Lipinski definition) is 1. The molecule has 0 atom stereocenters. The SMILES string of the molecule is Nc1ccc2oc(-c3cc(Cl)ccc3I)nc2c1.